The highest BCUT2D eigenvalue weighted by atomic mass is 79.9. The third kappa shape index (κ3) is 4.70. The summed E-state index contributed by atoms with van der Waals surface area (Å²) in [6.45, 7) is 1.19. The van der Waals surface area contributed by atoms with E-state index in [1.165, 1.54) is 0 Å². The van der Waals surface area contributed by atoms with Crippen LogP contribution < -0.4 is 0 Å². The number of rotatable bonds is 4. The Kier molecular flexibility index (Phi) is 5.35. The summed E-state index contributed by atoms with van der Waals surface area (Å²) >= 11 is 3.20. The normalized spacial score (nSPS) is 24.4. The van der Waals surface area contributed by atoms with Crippen LogP contribution in [0.4, 0.5) is 13.2 Å². The van der Waals surface area contributed by atoms with Crippen molar-refractivity contribution < 1.29 is 17.9 Å². The smallest absolute Gasteiger partial charge is 0.380 e. The van der Waals surface area contributed by atoms with E-state index in [9.17, 15) is 13.2 Å². The number of hydrogen-bond donors (Lipinski definition) is 0. The zero-order chi connectivity index (χ0) is 11.3. The van der Waals surface area contributed by atoms with Gasteiger partial charge in [-0.2, -0.15) is 13.2 Å². The zero-order valence-corrected chi connectivity index (χ0v) is 9.98. The van der Waals surface area contributed by atoms with E-state index in [1.807, 2.05) is 0 Å². The predicted octanol–water partition coefficient (Wildman–Crippen LogP) is 2.63. The molecule has 0 saturated carbocycles. The molecule has 0 aromatic rings. The van der Waals surface area contributed by atoms with Crippen molar-refractivity contribution >= 4 is 15.9 Å². The van der Waals surface area contributed by atoms with Gasteiger partial charge in [0.25, 0.3) is 0 Å². The fraction of sp³-hybridized carbons (Fsp3) is 1.00. The summed E-state index contributed by atoms with van der Waals surface area (Å²) in [4.78, 5) is 0.582. The molecular formula is C9H15BrF3NO. The lowest BCUT2D eigenvalue weighted by Gasteiger charge is -2.33. The average Bonchev–Trinajstić information content (AvgIpc) is 2.17. The fourth-order valence-corrected chi connectivity index (χ4v) is 1.96. The van der Waals surface area contributed by atoms with Gasteiger partial charge in [-0.1, -0.05) is 15.9 Å². The zero-order valence-electron chi connectivity index (χ0n) is 8.39. The van der Waals surface area contributed by atoms with E-state index in [2.05, 4.69) is 15.9 Å². The van der Waals surface area contributed by atoms with Crippen molar-refractivity contribution in [2.75, 3.05) is 31.6 Å². The van der Waals surface area contributed by atoms with E-state index in [-0.39, 0.29) is 19.0 Å². The standard InChI is InChI=1S/C9H15BrF3NO/c10-3-5-15-7-8-2-1-4-14(6-8)9(11,12)13/h8H,1-7H2/t8-/m1/s1. The Morgan fingerprint density at radius 3 is 2.73 bits per heavy atom. The van der Waals surface area contributed by atoms with Crippen LogP contribution in [-0.2, 0) is 4.74 Å². The van der Waals surface area contributed by atoms with E-state index < -0.39 is 6.30 Å². The van der Waals surface area contributed by atoms with Crippen molar-refractivity contribution in [1.82, 2.24) is 4.90 Å². The van der Waals surface area contributed by atoms with Gasteiger partial charge in [-0.15, -0.1) is 0 Å². The van der Waals surface area contributed by atoms with Crippen LogP contribution in [-0.4, -0.2) is 42.8 Å². The molecule has 1 aliphatic rings. The van der Waals surface area contributed by atoms with E-state index in [1.54, 1.807) is 0 Å². The second-order valence-corrected chi connectivity index (χ2v) is 4.48. The summed E-state index contributed by atoms with van der Waals surface area (Å²) in [6, 6.07) is 0. The lowest BCUT2D eigenvalue weighted by Crippen LogP contribution is -2.45. The van der Waals surface area contributed by atoms with Gasteiger partial charge < -0.3 is 4.74 Å². The molecule has 1 aliphatic heterocycles. The number of nitrogens with zero attached hydrogens (tertiary/aromatic N) is 1. The van der Waals surface area contributed by atoms with Crippen LogP contribution in [0.1, 0.15) is 12.8 Å². The van der Waals surface area contributed by atoms with E-state index in [0.29, 0.717) is 24.5 Å². The highest BCUT2D eigenvalue weighted by molar-refractivity contribution is 9.09. The van der Waals surface area contributed by atoms with Crippen LogP contribution in [0.25, 0.3) is 0 Å². The van der Waals surface area contributed by atoms with Gasteiger partial charge in [0.2, 0.25) is 0 Å². The Labute approximate surface area is 95.9 Å². The molecule has 1 atom stereocenters. The molecule has 0 amide bonds. The molecule has 0 aromatic heterocycles. The van der Waals surface area contributed by atoms with Crippen LogP contribution in [0.5, 0.6) is 0 Å². The van der Waals surface area contributed by atoms with Gasteiger partial charge in [-0.3, -0.25) is 0 Å². The summed E-state index contributed by atoms with van der Waals surface area (Å²) < 4.78 is 42.4. The molecule has 1 rings (SSSR count). The highest BCUT2D eigenvalue weighted by Gasteiger charge is 2.39. The average molecular weight is 290 g/mol. The Hall–Kier alpha value is 0.190. The van der Waals surface area contributed by atoms with Crippen molar-refractivity contribution in [2.45, 2.75) is 19.1 Å². The van der Waals surface area contributed by atoms with Gasteiger partial charge in [0.15, 0.2) is 0 Å². The number of likely N-dealkylation sites (tertiary alicyclic amines) is 1. The first-order valence-corrected chi connectivity index (χ1v) is 6.11. The van der Waals surface area contributed by atoms with Crippen LogP contribution >= 0.6 is 15.9 Å². The minimum absolute atomic E-state index is 0.0134. The molecule has 1 saturated heterocycles. The maximum atomic E-state index is 12.4. The molecule has 0 radical (unpaired) electrons. The maximum Gasteiger partial charge on any atom is 0.459 e. The highest BCUT2D eigenvalue weighted by Crippen LogP contribution is 2.27. The summed E-state index contributed by atoms with van der Waals surface area (Å²) in [5.41, 5.74) is 0. The molecule has 1 heterocycles. The molecule has 0 N–H and O–H groups in total. The number of piperidine rings is 1. The van der Waals surface area contributed by atoms with Gasteiger partial charge >= 0.3 is 6.30 Å². The van der Waals surface area contributed by atoms with Crippen molar-refractivity contribution in [3.05, 3.63) is 0 Å². The third-order valence-electron chi connectivity index (χ3n) is 2.45. The molecule has 1 fully saturated rings. The summed E-state index contributed by atoms with van der Waals surface area (Å²) in [6.07, 6.45) is -2.76. The monoisotopic (exact) mass is 289 g/mol. The Morgan fingerprint density at radius 2 is 2.13 bits per heavy atom. The largest absolute Gasteiger partial charge is 0.459 e. The van der Waals surface area contributed by atoms with Crippen molar-refractivity contribution in [3.63, 3.8) is 0 Å². The summed E-state index contributed by atoms with van der Waals surface area (Å²) in [5.74, 6) is 0.0134. The lowest BCUT2D eigenvalue weighted by atomic mass is 9.99. The molecule has 0 spiro atoms. The van der Waals surface area contributed by atoms with Crippen molar-refractivity contribution in [1.29, 1.82) is 0 Å². The molecule has 0 aliphatic carbocycles. The number of ether oxygens (including phenoxy) is 1. The topological polar surface area (TPSA) is 12.5 Å². The van der Waals surface area contributed by atoms with Gasteiger partial charge in [0, 0.05) is 18.4 Å². The first-order valence-electron chi connectivity index (χ1n) is 4.99. The molecule has 0 aromatic carbocycles. The minimum Gasteiger partial charge on any atom is -0.380 e. The van der Waals surface area contributed by atoms with Gasteiger partial charge in [0.05, 0.1) is 13.2 Å². The van der Waals surface area contributed by atoms with E-state index >= 15 is 0 Å². The Morgan fingerprint density at radius 1 is 1.40 bits per heavy atom. The molecule has 6 heteroatoms. The van der Waals surface area contributed by atoms with Crippen LogP contribution in [0.3, 0.4) is 0 Å². The Bertz CT molecular complexity index is 189. The van der Waals surface area contributed by atoms with Gasteiger partial charge in [-0.05, 0) is 18.8 Å². The van der Waals surface area contributed by atoms with Crippen LogP contribution in [0.15, 0.2) is 0 Å². The summed E-state index contributed by atoms with van der Waals surface area (Å²) in [7, 11) is 0. The molecule has 90 valence electrons. The maximum absolute atomic E-state index is 12.4. The molecular weight excluding hydrogens is 275 g/mol. The van der Waals surface area contributed by atoms with Crippen LogP contribution in [0, 0.1) is 5.92 Å². The SMILES string of the molecule is FC(F)(F)N1CCC[C@@H](COCCBr)C1. The molecule has 2 nitrogen and oxygen atoms in total. The third-order valence-corrected chi connectivity index (χ3v) is 2.78. The first-order chi connectivity index (χ1) is 7.04. The minimum atomic E-state index is -4.19. The second-order valence-electron chi connectivity index (χ2n) is 3.69. The van der Waals surface area contributed by atoms with E-state index in [4.69, 9.17) is 4.74 Å². The van der Waals surface area contributed by atoms with Crippen LogP contribution in [0.2, 0.25) is 0 Å². The summed E-state index contributed by atoms with van der Waals surface area (Å²) in [5, 5.41) is 0.725. The number of alkyl halides is 4. The quantitative estimate of drug-likeness (QED) is 0.448. The molecule has 15 heavy (non-hydrogen) atoms. The predicted molar refractivity (Wildman–Crippen MR) is 55.0 cm³/mol. The second kappa shape index (κ2) is 6.06. The molecule has 0 bridgehead atoms. The molecule has 0 unspecified atom stereocenters. The van der Waals surface area contributed by atoms with Gasteiger partial charge in [0.1, 0.15) is 0 Å². The lowest BCUT2D eigenvalue weighted by molar-refractivity contribution is -0.254. The number of hydrogen-bond acceptors (Lipinski definition) is 2. The van der Waals surface area contributed by atoms with Gasteiger partial charge in [-0.25, -0.2) is 4.90 Å². The van der Waals surface area contributed by atoms with Crippen molar-refractivity contribution in [3.8, 4) is 0 Å². The number of halogens is 4. The fourth-order valence-electron chi connectivity index (χ4n) is 1.74. The first kappa shape index (κ1) is 13.3. The Balaban J connectivity index is 2.29. The van der Waals surface area contributed by atoms with Crippen molar-refractivity contribution in [2.24, 2.45) is 5.92 Å². The van der Waals surface area contributed by atoms with E-state index in [0.717, 1.165) is 11.8 Å².